The van der Waals surface area contributed by atoms with Crippen LogP contribution in [0.5, 0.6) is 0 Å². The minimum Gasteiger partial charge on any atom is -0.370 e. The lowest BCUT2D eigenvalue weighted by molar-refractivity contribution is 0.685. The molecule has 1 N–H and O–H groups in total. The minimum absolute atomic E-state index is 0.0619. The van der Waals surface area contributed by atoms with Crippen LogP contribution in [0.1, 0.15) is 24.9 Å². The fourth-order valence-electron chi connectivity index (χ4n) is 1.83. The van der Waals surface area contributed by atoms with E-state index in [1.807, 2.05) is 13.0 Å². The maximum atomic E-state index is 11.8. The van der Waals surface area contributed by atoms with Crippen molar-refractivity contribution in [2.45, 2.75) is 26.8 Å². The first-order valence-corrected chi connectivity index (χ1v) is 6.40. The van der Waals surface area contributed by atoms with Gasteiger partial charge in [-0.1, -0.05) is 6.92 Å². The third-order valence-corrected chi connectivity index (χ3v) is 2.79. The molecule has 0 atom stereocenters. The molecule has 6 heteroatoms. The maximum Gasteiger partial charge on any atom is 0.328 e. The van der Waals surface area contributed by atoms with Crippen molar-refractivity contribution in [1.82, 2.24) is 19.1 Å². The van der Waals surface area contributed by atoms with Crippen molar-refractivity contribution in [3.8, 4) is 0 Å². The van der Waals surface area contributed by atoms with Crippen LogP contribution in [0.4, 0.5) is 5.82 Å². The Kier molecular flexibility index (Phi) is 3.99. The van der Waals surface area contributed by atoms with Crippen molar-refractivity contribution in [2.24, 2.45) is 7.05 Å². The molecule has 0 radical (unpaired) electrons. The van der Waals surface area contributed by atoms with Crippen molar-refractivity contribution >= 4 is 5.82 Å². The molecule has 0 bridgehead atoms. The van der Waals surface area contributed by atoms with E-state index in [2.05, 4.69) is 22.2 Å². The van der Waals surface area contributed by atoms with E-state index in [4.69, 9.17) is 0 Å². The third kappa shape index (κ3) is 3.21. The largest absolute Gasteiger partial charge is 0.370 e. The molecule has 0 spiro atoms. The summed E-state index contributed by atoms with van der Waals surface area (Å²) in [6, 6.07) is 1.91. The van der Waals surface area contributed by atoms with Gasteiger partial charge in [-0.25, -0.2) is 14.8 Å². The highest BCUT2D eigenvalue weighted by Gasteiger charge is 2.05. The zero-order valence-electron chi connectivity index (χ0n) is 11.6. The summed E-state index contributed by atoms with van der Waals surface area (Å²) >= 11 is 0. The van der Waals surface area contributed by atoms with Gasteiger partial charge < -0.3 is 9.88 Å². The van der Waals surface area contributed by atoms with Crippen LogP contribution in [0.3, 0.4) is 0 Å². The number of aromatic nitrogens is 4. The molecule has 2 rings (SSSR count). The predicted octanol–water partition coefficient (Wildman–Crippen LogP) is 1.16. The predicted molar refractivity (Wildman–Crippen MR) is 74.3 cm³/mol. The van der Waals surface area contributed by atoms with E-state index in [0.717, 1.165) is 24.5 Å². The second-order valence-corrected chi connectivity index (χ2v) is 4.56. The molecule has 0 aliphatic rings. The van der Waals surface area contributed by atoms with Gasteiger partial charge in [0.2, 0.25) is 0 Å². The first-order valence-electron chi connectivity index (χ1n) is 6.40. The van der Waals surface area contributed by atoms with Crippen LogP contribution in [0.25, 0.3) is 0 Å². The van der Waals surface area contributed by atoms with Gasteiger partial charge in [-0.15, -0.1) is 0 Å². The lowest BCUT2D eigenvalue weighted by atomic mass is 10.4. The number of rotatable bonds is 5. The zero-order valence-corrected chi connectivity index (χ0v) is 11.6. The van der Waals surface area contributed by atoms with E-state index in [1.165, 1.54) is 4.57 Å². The Bertz CT molecular complexity index is 614. The Morgan fingerprint density at radius 2 is 2.11 bits per heavy atom. The van der Waals surface area contributed by atoms with Gasteiger partial charge in [-0.2, -0.15) is 0 Å². The summed E-state index contributed by atoms with van der Waals surface area (Å²) in [5.74, 6) is 1.46. The smallest absolute Gasteiger partial charge is 0.328 e. The van der Waals surface area contributed by atoms with Gasteiger partial charge in [0.25, 0.3) is 0 Å². The molecular weight excluding hydrogens is 242 g/mol. The van der Waals surface area contributed by atoms with Gasteiger partial charge in [0.15, 0.2) is 5.82 Å². The number of hydrogen-bond acceptors (Lipinski definition) is 4. The van der Waals surface area contributed by atoms with Gasteiger partial charge >= 0.3 is 5.69 Å². The average Bonchev–Trinajstić information content (AvgIpc) is 2.68. The number of anilines is 1. The lowest BCUT2D eigenvalue weighted by Gasteiger charge is -2.07. The molecule has 0 amide bonds. The van der Waals surface area contributed by atoms with Crippen LogP contribution < -0.4 is 11.0 Å². The number of nitrogens with zero attached hydrogens (tertiary/aromatic N) is 4. The van der Waals surface area contributed by atoms with Crippen LogP contribution in [-0.2, 0) is 13.6 Å². The molecule has 6 nitrogen and oxygen atoms in total. The highest BCUT2D eigenvalue weighted by molar-refractivity contribution is 5.35. The molecule has 0 fully saturated rings. The van der Waals surface area contributed by atoms with Crippen LogP contribution in [0.2, 0.25) is 0 Å². The van der Waals surface area contributed by atoms with Crippen molar-refractivity contribution < 1.29 is 0 Å². The SMILES string of the molecule is CCCNc1cc(C)nc(Cn2ccn(C)c2=O)n1. The Morgan fingerprint density at radius 3 is 2.74 bits per heavy atom. The highest BCUT2D eigenvalue weighted by atomic mass is 16.1. The molecule has 0 saturated carbocycles. The molecule has 2 heterocycles. The summed E-state index contributed by atoms with van der Waals surface area (Å²) < 4.78 is 3.13. The Balaban J connectivity index is 2.22. The average molecular weight is 261 g/mol. The molecule has 0 aliphatic heterocycles. The van der Waals surface area contributed by atoms with Crippen LogP contribution in [0.15, 0.2) is 23.3 Å². The van der Waals surface area contributed by atoms with Crippen LogP contribution in [-0.4, -0.2) is 25.6 Å². The second-order valence-electron chi connectivity index (χ2n) is 4.56. The molecule has 0 unspecified atom stereocenters. The third-order valence-electron chi connectivity index (χ3n) is 2.79. The van der Waals surface area contributed by atoms with E-state index < -0.39 is 0 Å². The number of hydrogen-bond donors (Lipinski definition) is 1. The number of nitrogens with one attached hydrogen (secondary N) is 1. The maximum absolute atomic E-state index is 11.8. The summed E-state index contributed by atoms with van der Waals surface area (Å²) in [5, 5.41) is 3.24. The quantitative estimate of drug-likeness (QED) is 0.877. The normalized spacial score (nSPS) is 10.7. The standard InChI is InChI=1S/C13H19N5O/c1-4-5-14-11-8-10(2)15-12(16-11)9-18-7-6-17(3)13(18)19/h6-8H,4-5,9H2,1-3H3,(H,14,15,16). The molecule has 2 aromatic heterocycles. The Hall–Kier alpha value is -2.11. The van der Waals surface area contributed by atoms with E-state index in [9.17, 15) is 4.79 Å². The van der Waals surface area contributed by atoms with Crippen molar-refractivity contribution in [2.75, 3.05) is 11.9 Å². The minimum atomic E-state index is -0.0619. The van der Waals surface area contributed by atoms with E-state index >= 15 is 0 Å². The van der Waals surface area contributed by atoms with Gasteiger partial charge in [-0.3, -0.25) is 4.57 Å². The van der Waals surface area contributed by atoms with Gasteiger partial charge in [0.05, 0.1) is 6.54 Å². The first kappa shape index (κ1) is 13.3. The topological polar surface area (TPSA) is 64.7 Å². The van der Waals surface area contributed by atoms with E-state index in [-0.39, 0.29) is 5.69 Å². The zero-order chi connectivity index (χ0) is 13.8. The van der Waals surface area contributed by atoms with Crippen LogP contribution >= 0.6 is 0 Å². The monoisotopic (exact) mass is 261 g/mol. The van der Waals surface area contributed by atoms with Crippen LogP contribution in [0, 0.1) is 6.92 Å². The highest BCUT2D eigenvalue weighted by Crippen LogP contribution is 2.07. The molecule has 0 saturated heterocycles. The van der Waals surface area contributed by atoms with Crippen molar-refractivity contribution in [1.29, 1.82) is 0 Å². The summed E-state index contributed by atoms with van der Waals surface area (Å²) in [4.78, 5) is 20.6. The lowest BCUT2D eigenvalue weighted by Crippen LogP contribution is -2.23. The van der Waals surface area contributed by atoms with Crippen molar-refractivity contribution in [3.63, 3.8) is 0 Å². The van der Waals surface area contributed by atoms with Gasteiger partial charge in [0.1, 0.15) is 5.82 Å². The summed E-state index contributed by atoms with van der Waals surface area (Å²) in [5.41, 5.74) is 0.834. The summed E-state index contributed by atoms with van der Waals surface area (Å²) in [6.45, 7) is 5.30. The molecule has 0 aromatic carbocycles. The van der Waals surface area contributed by atoms with Gasteiger partial charge in [-0.05, 0) is 13.3 Å². The fourth-order valence-corrected chi connectivity index (χ4v) is 1.83. The van der Waals surface area contributed by atoms with Gasteiger partial charge in [0, 0.05) is 37.7 Å². The fraction of sp³-hybridized carbons (Fsp3) is 0.462. The summed E-state index contributed by atoms with van der Waals surface area (Å²) in [6.07, 6.45) is 4.51. The van der Waals surface area contributed by atoms with Crippen molar-refractivity contribution in [3.05, 3.63) is 40.5 Å². The molecular formula is C13H19N5O. The molecule has 102 valence electrons. The molecule has 0 aliphatic carbocycles. The Labute approximate surface area is 112 Å². The first-order chi connectivity index (χ1) is 9.10. The summed E-state index contributed by atoms with van der Waals surface area (Å²) in [7, 11) is 1.73. The second kappa shape index (κ2) is 5.69. The Morgan fingerprint density at radius 1 is 1.32 bits per heavy atom. The van der Waals surface area contributed by atoms with E-state index in [1.54, 1.807) is 24.0 Å². The molecule has 2 aromatic rings. The van der Waals surface area contributed by atoms with E-state index in [0.29, 0.717) is 12.4 Å². The molecule has 19 heavy (non-hydrogen) atoms. The number of imidazole rings is 1. The number of aryl methyl sites for hydroxylation is 2.